The number of fused-ring (bicyclic) bond motifs is 3. The molecule has 6 rings (SSSR count). The number of carbonyl (C=O) groups is 1. The molecule has 0 unspecified atom stereocenters. The summed E-state index contributed by atoms with van der Waals surface area (Å²) in [5.41, 5.74) is 3.46. The van der Waals surface area contributed by atoms with Gasteiger partial charge in [0.05, 0.1) is 22.0 Å². The number of hydrogen-bond acceptors (Lipinski definition) is 5. The van der Waals surface area contributed by atoms with Crippen molar-refractivity contribution in [2.45, 2.75) is 44.4 Å². The molecule has 0 saturated carbocycles. The molecule has 2 aliphatic heterocycles. The van der Waals surface area contributed by atoms with Crippen LogP contribution in [-0.4, -0.2) is 59.1 Å². The summed E-state index contributed by atoms with van der Waals surface area (Å²) in [7, 11) is 0. The van der Waals surface area contributed by atoms with E-state index in [1.807, 2.05) is 34.9 Å². The Balaban J connectivity index is 1.12. The normalized spacial score (nSPS) is 19.2. The van der Waals surface area contributed by atoms with Gasteiger partial charge < -0.3 is 15.0 Å². The summed E-state index contributed by atoms with van der Waals surface area (Å²) < 4.78 is 36.8. The first-order valence-electron chi connectivity index (χ1n) is 13.0. The quantitative estimate of drug-likeness (QED) is 0.312. The first kappa shape index (κ1) is 24.5. The summed E-state index contributed by atoms with van der Waals surface area (Å²) in [5, 5.41) is 2.99. The van der Waals surface area contributed by atoms with Crippen LogP contribution in [0.5, 0.6) is 0 Å². The second-order valence-corrected chi connectivity index (χ2v) is 10.9. The van der Waals surface area contributed by atoms with Crippen molar-refractivity contribution in [2.75, 3.05) is 32.8 Å². The van der Waals surface area contributed by atoms with Crippen molar-refractivity contribution in [3.8, 4) is 11.3 Å². The summed E-state index contributed by atoms with van der Waals surface area (Å²) >= 11 is 1.48. The Hall–Kier alpha value is -2.88. The van der Waals surface area contributed by atoms with Gasteiger partial charge in [0.2, 0.25) is 0 Å². The molecular formula is C28H30F2N4O2S. The Labute approximate surface area is 218 Å². The van der Waals surface area contributed by atoms with Gasteiger partial charge in [0.15, 0.2) is 4.96 Å². The molecular weight excluding hydrogens is 494 g/mol. The molecule has 194 valence electrons. The molecule has 0 radical (unpaired) electrons. The summed E-state index contributed by atoms with van der Waals surface area (Å²) in [5.74, 6) is -0.404. The third kappa shape index (κ3) is 5.12. The van der Waals surface area contributed by atoms with Gasteiger partial charge in [-0.05, 0) is 74.5 Å². The van der Waals surface area contributed by atoms with Crippen LogP contribution in [0.2, 0.25) is 0 Å². The minimum Gasteiger partial charge on any atom is -0.374 e. The van der Waals surface area contributed by atoms with Crippen molar-refractivity contribution in [1.82, 2.24) is 19.6 Å². The second kappa shape index (κ2) is 10.5. The monoisotopic (exact) mass is 524 g/mol. The molecule has 0 aliphatic carbocycles. The molecule has 6 nitrogen and oxygen atoms in total. The number of benzene rings is 2. The molecule has 2 aromatic carbocycles. The number of aromatic nitrogens is 2. The number of ether oxygens (including phenoxy) is 1. The van der Waals surface area contributed by atoms with E-state index in [2.05, 4.69) is 15.2 Å². The minimum absolute atomic E-state index is 0.0235. The molecule has 1 amide bonds. The maximum Gasteiger partial charge on any atom is 0.251 e. The number of nitrogens with zero attached hydrogens (tertiary/aromatic N) is 3. The van der Waals surface area contributed by atoms with Gasteiger partial charge in [0.25, 0.3) is 5.91 Å². The van der Waals surface area contributed by atoms with E-state index in [0.717, 1.165) is 66.2 Å². The van der Waals surface area contributed by atoms with Gasteiger partial charge in [-0.1, -0.05) is 17.4 Å². The number of piperidine rings is 1. The van der Waals surface area contributed by atoms with Crippen LogP contribution in [0.4, 0.5) is 8.78 Å². The van der Waals surface area contributed by atoms with Gasteiger partial charge in [-0.3, -0.25) is 9.20 Å². The largest absolute Gasteiger partial charge is 0.374 e. The molecule has 37 heavy (non-hydrogen) atoms. The number of carbonyl (C=O) groups excluding carboxylic acids is 1. The predicted octanol–water partition coefficient (Wildman–Crippen LogP) is 5.76. The van der Waals surface area contributed by atoms with Crippen molar-refractivity contribution < 1.29 is 18.3 Å². The first-order valence-corrected chi connectivity index (χ1v) is 13.8. The van der Waals surface area contributed by atoms with E-state index in [4.69, 9.17) is 4.74 Å². The summed E-state index contributed by atoms with van der Waals surface area (Å²) in [4.78, 5) is 20.4. The van der Waals surface area contributed by atoms with Crippen LogP contribution in [0.25, 0.3) is 26.4 Å². The van der Waals surface area contributed by atoms with Crippen LogP contribution in [0.15, 0.2) is 42.6 Å². The van der Waals surface area contributed by atoms with Gasteiger partial charge in [-0.25, -0.2) is 13.8 Å². The van der Waals surface area contributed by atoms with Crippen LogP contribution >= 0.6 is 11.3 Å². The van der Waals surface area contributed by atoms with Crippen LogP contribution < -0.4 is 5.32 Å². The van der Waals surface area contributed by atoms with Gasteiger partial charge >= 0.3 is 0 Å². The lowest BCUT2D eigenvalue weighted by atomic mass is 10.0. The Bertz CT molecular complexity index is 1420. The van der Waals surface area contributed by atoms with Gasteiger partial charge in [-0.15, -0.1) is 0 Å². The molecule has 9 heteroatoms. The van der Waals surface area contributed by atoms with Crippen LogP contribution in [-0.2, 0) is 4.74 Å². The van der Waals surface area contributed by atoms with E-state index >= 15 is 0 Å². The fourth-order valence-corrected chi connectivity index (χ4v) is 6.33. The SMILES string of the molecule is O=C(NCCCN1CCC(F)CC1)c1ccc2c(c1)sc1nc(-c3ccc([C@H]4CCCO4)cc3F)cn12. The van der Waals surface area contributed by atoms with Gasteiger partial charge in [0.1, 0.15) is 12.0 Å². The maximum absolute atomic E-state index is 15.0. The Morgan fingerprint density at radius 1 is 1.16 bits per heavy atom. The standard InChI is InChI=1S/C28H30F2N4O2S/c29-20-8-12-33(13-9-20)11-2-10-31-27(35)19-5-7-24-26(16-19)37-28-32-23(17-34(24)28)21-6-4-18(15-22(21)30)25-3-1-14-36-25/h4-7,15-17,20,25H,1-3,8-14H2,(H,31,35)/t25-/m1/s1. The van der Waals surface area contributed by atoms with E-state index in [1.54, 1.807) is 12.1 Å². The van der Waals surface area contributed by atoms with E-state index in [1.165, 1.54) is 11.3 Å². The second-order valence-electron chi connectivity index (χ2n) is 9.93. The molecule has 2 aromatic heterocycles. The van der Waals surface area contributed by atoms with Crippen LogP contribution in [0, 0.1) is 5.82 Å². The fourth-order valence-electron chi connectivity index (χ4n) is 5.28. The van der Waals surface area contributed by atoms with Crippen molar-refractivity contribution in [1.29, 1.82) is 0 Å². The fraction of sp³-hybridized carbons (Fsp3) is 0.429. The molecule has 0 spiro atoms. The summed E-state index contributed by atoms with van der Waals surface area (Å²) in [6.07, 6.45) is 5.14. The van der Waals surface area contributed by atoms with Crippen molar-refractivity contribution in [3.63, 3.8) is 0 Å². The highest BCUT2D eigenvalue weighted by molar-refractivity contribution is 7.23. The van der Waals surface area contributed by atoms with E-state index < -0.39 is 6.17 Å². The highest BCUT2D eigenvalue weighted by Gasteiger charge is 2.21. The lowest BCUT2D eigenvalue weighted by Crippen LogP contribution is -2.36. The number of alkyl halides is 1. The topological polar surface area (TPSA) is 58.9 Å². The molecule has 4 heterocycles. The molecule has 1 atom stereocenters. The zero-order valence-electron chi connectivity index (χ0n) is 20.6. The number of hydrogen-bond donors (Lipinski definition) is 1. The van der Waals surface area contributed by atoms with Crippen molar-refractivity contribution in [2.24, 2.45) is 0 Å². The Morgan fingerprint density at radius 2 is 2.03 bits per heavy atom. The number of nitrogens with one attached hydrogen (secondary N) is 1. The zero-order chi connectivity index (χ0) is 25.4. The molecule has 1 N–H and O–H groups in total. The Morgan fingerprint density at radius 3 is 2.81 bits per heavy atom. The number of likely N-dealkylation sites (tertiary alicyclic amines) is 1. The highest BCUT2D eigenvalue weighted by atomic mass is 32.1. The third-order valence-electron chi connectivity index (χ3n) is 7.38. The minimum atomic E-state index is -0.665. The summed E-state index contributed by atoms with van der Waals surface area (Å²) in [6.45, 7) is 3.76. The lowest BCUT2D eigenvalue weighted by Gasteiger charge is -2.28. The average molecular weight is 525 g/mol. The van der Waals surface area contributed by atoms with E-state index in [-0.39, 0.29) is 17.8 Å². The van der Waals surface area contributed by atoms with E-state index in [9.17, 15) is 13.6 Å². The van der Waals surface area contributed by atoms with Crippen molar-refractivity contribution >= 4 is 32.4 Å². The predicted molar refractivity (Wildman–Crippen MR) is 141 cm³/mol. The van der Waals surface area contributed by atoms with Crippen LogP contribution in [0.3, 0.4) is 0 Å². The molecule has 2 aliphatic rings. The summed E-state index contributed by atoms with van der Waals surface area (Å²) in [6, 6.07) is 10.9. The molecule has 2 fully saturated rings. The van der Waals surface area contributed by atoms with Crippen molar-refractivity contribution in [3.05, 3.63) is 59.5 Å². The molecule has 4 aromatic rings. The number of amides is 1. The van der Waals surface area contributed by atoms with Crippen LogP contribution in [0.1, 0.15) is 54.1 Å². The number of rotatable bonds is 7. The highest BCUT2D eigenvalue weighted by Crippen LogP contribution is 2.34. The third-order valence-corrected chi connectivity index (χ3v) is 8.40. The zero-order valence-corrected chi connectivity index (χ0v) is 21.4. The molecule has 0 bridgehead atoms. The average Bonchev–Trinajstić information content (AvgIpc) is 3.64. The van der Waals surface area contributed by atoms with Gasteiger partial charge in [-0.2, -0.15) is 0 Å². The number of thiazole rings is 1. The maximum atomic E-state index is 15.0. The molecule has 2 saturated heterocycles. The smallest absolute Gasteiger partial charge is 0.251 e. The number of imidazole rings is 1. The Kier molecular flexibility index (Phi) is 6.92. The lowest BCUT2D eigenvalue weighted by molar-refractivity contribution is 0.0950. The first-order chi connectivity index (χ1) is 18.0. The van der Waals surface area contributed by atoms with Gasteiger partial charge in [0, 0.05) is 43.6 Å². The number of halogens is 2. The van der Waals surface area contributed by atoms with E-state index in [0.29, 0.717) is 36.2 Å².